The van der Waals surface area contributed by atoms with Crippen LogP contribution in [0.5, 0.6) is 0 Å². The predicted molar refractivity (Wildman–Crippen MR) is 203 cm³/mol. The van der Waals surface area contributed by atoms with E-state index in [1.807, 2.05) is 4.90 Å². The van der Waals surface area contributed by atoms with Gasteiger partial charge < -0.3 is 0 Å². The quantitative estimate of drug-likeness (QED) is 0.103. The third-order valence-electron chi connectivity index (χ3n) is 9.26. The Hall–Kier alpha value is -3.11. The Morgan fingerprint density at radius 3 is 1.65 bits per heavy atom. The Morgan fingerprint density at radius 1 is 0.630 bits per heavy atom. The first-order valence-corrected chi connectivity index (χ1v) is 19.0. The number of amides is 1. The molecular weight excluding hydrogens is 581 g/mol. The molecule has 3 aromatic carbocycles. The van der Waals surface area contributed by atoms with E-state index in [-0.39, 0.29) is 5.91 Å². The molecule has 0 spiro atoms. The number of carbonyl (C=O) groups is 1. The van der Waals surface area contributed by atoms with Crippen molar-refractivity contribution in [3.63, 3.8) is 0 Å². The van der Waals surface area contributed by atoms with Crippen molar-refractivity contribution in [2.45, 2.75) is 131 Å². The van der Waals surface area contributed by atoms with E-state index < -0.39 is 0 Å². The maximum Gasteiger partial charge on any atom is 0.271 e. The van der Waals surface area contributed by atoms with Gasteiger partial charge in [0.2, 0.25) is 0 Å². The van der Waals surface area contributed by atoms with Crippen LogP contribution < -0.4 is 4.90 Å². The molecule has 4 rings (SSSR count). The Bertz CT molecular complexity index is 1420. The molecule has 3 nitrogen and oxygen atoms in total. The van der Waals surface area contributed by atoms with E-state index in [0.717, 1.165) is 59.1 Å². The number of carbonyl (C=O) groups excluding carboxylic acids is 1. The topological polar surface area (TPSA) is 32.7 Å². The summed E-state index contributed by atoms with van der Waals surface area (Å²) in [6.45, 7) is 11.0. The maximum absolute atomic E-state index is 14.3. The molecule has 0 aromatic heterocycles. The molecule has 246 valence electrons. The third-order valence-corrected chi connectivity index (χ3v) is 10.2. The van der Waals surface area contributed by atoms with E-state index >= 15 is 0 Å². The third kappa shape index (κ3) is 9.47. The lowest BCUT2D eigenvalue weighted by Crippen LogP contribution is -2.30. The number of aryl methyl sites for hydroxylation is 5. The summed E-state index contributed by atoms with van der Waals surface area (Å²) in [5.74, 6) is 0.0146. The van der Waals surface area contributed by atoms with Gasteiger partial charge in [-0.2, -0.15) is 0 Å². The fourth-order valence-corrected chi connectivity index (χ4v) is 7.42. The number of thioether (sulfide) groups is 1. The number of unbranched alkanes of at least 4 members (excludes halogenated alkanes) is 9. The van der Waals surface area contributed by atoms with Crippen LogP contribution in [0.15, 0.2) is 70.6 Å². The van der Waals surface area contributed by atoms with Crippen LogP contribution in [0.3, 0.4) is 0 Å². The molecule has 0 bridgehead atoms. The van der Waals surface area contributed by atoms with Crippen molar-refractivity contribution in [2.75, 3.05) is 4.90 Å². The summed E-state index contributed by atoms with van der Waals surface area (Å²) in [5.41, 5.74) is 9.25. The maximum atomic E-state index is 14.3. The molecule has 0 saturated carbocycles. The van der Waals surface area contributed by atoms with Gasteiger partial charge >= 0.3 is 0 Å². The van der Waals surface area contributed by atoms with Crippen molar-refractivity contribution < 1.29 is 4.79 Å². The minimum Gasteiger partial charge on any atom is -0.268 e. The summed E-state index contributed by atoms with van der Waals surface area (Å²) in [5, 5.41) is 0.750. The lowest BCUT2D eigenvalue weighted by Gasteiger charge is -2.23. The highest BCUT2D eigenvalue weighted by Crippen LogP contribution is 2.41. The number of hydrogen-bond donors (Lipinski definition) is 0. The van der Waals surface area contributed by atoms with Gasteiger partial charge in [-0.15, -0.1) is 0 Å². The Balaban J connectivity index is 1.52. The number of hydrogen-bond acceptors (Lipinski definition) is 3. The van der Waals surface area contributed by atoms with E-state index in [2.05, 4.69) is 101 Å². The van der Waals surface area contributed by atoms with Crippen LogP contribution in [0, 0.1) is 0 Å². The second-order valence-corrected chi connectivity index (χ2v) is 13.6. The van der Waals surface area contributed by atoms with Gasteiger partial charge in [0.25, 0.3) is 5.91 Å². The van der Waals surface area contributed by atoms with Crippen LogP contribution in [-0.4, -0.2) is 11.1 Å². The van der Waals surface area contributed by atoms with E-state index in [9.17, 15) is 4.79 Å². The molecule has 1 aliphatic rings. The number of benzene rings is 3. The van der Waals surface area contributed by atoms with Crippen LogP contribution in [0.2, 0.25) is 0 Å². The minimum atomic E-state index is 0.0146. The Kier molecular flexibility index (Phi) is 14.7. The molecule has 4 heteroatoms. The number of para-hydroxylation sites is 2. The SMILES string of the molecule is CCCCCCCCCCCCc1ccc(C=C2SC(=Nc3c(CC)cccc3CC)N(c3c(CC)cccc3CC)C2=O)cc1. The Morgan fingerprint density at radius 2 is 1.13 bits per heavy atom. The largest absolute Gasteiger partial charge is 0.271 e. The van der Waals surface area contributed by atoms with Crippen LogP contribution in [0.25, 0.3) is 6.08 Å². The van der Waals surface area contributed by atoms with E-state index in [4.69, 9.17) is 4.99 Å². The summed E-state index contributed by atoms with van der Waals surface area (Å²) >= 11 is 1.51. The summed E-state index contributed by atoms with van der Waals surface area (Å²) in [4.78, 5) is 22.2. The minimum absolute atomic E-state index is 0.0146. The molecule has 0 aliphatic carbocycles. The van der Waals surface area contributed by atoms with Gasteiger partial charge in [0.15, 0.2) is 5.17 Å². The standard InChI is InChI=1S/C42H56N2OS/c1-6-11-12-13-14-15-16-17-18-19-22-32-27-29-33(30-28-32)31-38-41(45)44(40-36(9-4)25-21-26-37(40)10-5)42(46-38)43-39-34(7-2)23-20-24-35(39)8-3/h20-21,23-31H,6-19,22H2,1-5H3. The average Bonchev–Trinajstić information content (AvgIpc) is 3.38. The molecule has 1 saturated heterocycles. The van der Waals surface area contributed by atoms with Crippen LogP contribution in [0.4, 0.5) is 11.4 Å². The first-order valence-electron chi connectivity index (χ1n) is 18.2. The van der Waals surface area contributed by atoms with E-state index in [1.165, 1.54) is 104 Å². The summed E-state index contributed by atoms with van der Waals surface area (Å²) in [7, 11) is 0. The van der Waals surface area contributed by atoms with Crippen molar-refractivity contribution in [3.8, 4) is 0 Å². The highest BCUT2D eigenvalue weighted by Gasteiger charge is 2.37. The summed E-state index contributed by atoms with van der Waals surface area (Å²) < 4.78 is 0. The van der Waals surface area contributed by atoms with Gasteiger partial charge in [-0.3, -0.25) is 9.69 Å². The number of rotatable bonds is 18. The normalized spacial score (nSPS) is 15.1. The van der Waals surface area contributed by atoms with Crippen LogP contribution in [-0.2, 0) is 36.9 Å². The molecular formula is C42H56N2OS. The number of nitrogens with zero attached hydrogens (tertiary/aromatic N) is 2. The summed E-state index contributed by atoms with van der Waals surface area (Å²) in [6, 6.07) is 21.7. The molecule has 1 aliphatic heterocycles. The number of amidine groups is 1. The number of anilines is 1. The molecule has 1 heterocycles. The average molecular weight is 637 g/mol. The zero-order valence-corrected chi connectivity index (χ0v) is 30.0. The molecule has 3 aromatic rings. The first-order chi connectivity index (χ1) is 22.5. The lowest BCUT2D eigenvalue weighted by molar-refractivity contribution is -0.113. The van der Waals surface area contributed by atoms with Gasteiger partial charge in [0.05, 0.1) is 16.3 Å². The highest BCUT2D eigenvalue weighted by atomic mass is 32.2. The van der Waals surface area contributed by atoms with Crippen molar-refractivity contribution in [3.05, 3.63) is 98.9 Å². The van der Waals surface area contributed by atoms with Gasteiger partial charge in [-0.05, 0) is 89.7 Å². The number of aliphatic imine (C=N–C) groups is 1. The fraction of sp³-hybridized carbons (Fsp3) is 0.476. The molecule has 0 radical (unpaired) electrons. The van der Waals surface area contributed by atoms with Gasteiger partial charge in [-0.25, -0.2) is 4.99 Å². The predicted octanol–water partition coefficient (Wildman–Crippen LogP) is 12.2. The van der Waals surface area contributed by atoms with Crippen LogP contribution in [0.1, 0.15) is 132 Å². The molecule has 46 heavy (non-hydrogen) atoms. The van der Waals surface area contributed by atoms with Crippen LogP contribution >= 0.6 is 11.8 Å². The second-order valence-electron chi connectivity index (χ2n) is 12.6. The molecule has 1 fully saturated rings. The lowest BCUT2D eigenvalue weighted by atomic mass is 10.0. The van der Waals surface area contributed by atoms with Crippen molar-refractivity contribution in [2.24, 2.45) is 4.99 Å². The molecule has 1 amide bonds. The van der Waals surface area contributed by atoms with Gasteiger partial charge in [-0.1, -0.05) is 153 Å². The molecule has 0 atom stereocenters. The van der Waals surface area contributed by atoms with Gasteiger partial charge in [0, 0.05) is 0 Å². The van der Waals surface area contributed by atoms with E-state index in [0.29, 0.717) is 0 Å². The first kappa shape index (κ1) is 35.7. The summed E-state index contributed by atoms with van der Waals surface area (Å²) in [6.07, 6.45) is 20.3. The Labute approximate surface area is 284 Å². The smallest absolute Gasteiger partial charge is 0.268 e. The molecule has 0 unspecified atom stereocenters. The van der Waals surface area contributed by atoms with Crippen molar-refractivity contribution in [1.82, 2.24) is 0 Å². The van der Waals surface area contributed by atoms with Gasteiger partial charge in [0.1, 0.15) is 0 Å². The van der Waals surface area contributed by atoms with Crippen molar-refractivity contribution in [1.29, 1.82) is 0 Å². The van der Waals surface area contributed by atoms with E-state index in [1.54, 1.807) is 0 Å². The zero-order valence-electron chi connectivity index (χ0n) is 29.2. The monoisotopic (exact) mass is 636 g/mol. The zero-order chi connectivity index (χ0) is 32.7. The highest BCUT2D eigenvalue weighted by molar-refractivity contribution is 8.19. The fourth-order valence-electron chi connectivity index (χ4n) is 6.45. The van der Waals surface area contributed by atoms with Crippen molar-refractivity contribution >= 4 is 40.3 Å². The second kappa shape index (κ2) is 18.9. The molecule has 0 N–H and O–H groups in total.